The fraction of sp³-hybridized carbons (Fsp3) is 0.474. The van der Waals surface area contributed by atoms with Crippen molar-refractivity contribution in [2.75, 3.05) is 20.3 Å². The molecule has 3 aromatic rings. The maximum absolute atomic E-state index is 13.0. The van der Waals surface area contributed by atoms with Crippen LogP contribution in [0.4, 0.5) is 0 Å². The Bertz CT molecular complexity index is 919. The summed E-state index contributed by atoms with van der Waals surface area (Å²) in [5.74, 6) is -0.117. The van der Waals surface area contributed by atoms with Gasteiger partial charge in [-0.05, 0) is 31.7 Å². The predicted octanol–water partition coefficient (Wildman–Crippen LogP) is 2.56. The minimum absolute atomic E-state index is 0.117. The SMILES string of the molecule is COCCOC1CCC(NC(=O)c2cc(-c3cncs3)cn3cnnc23)CC1. The zero-order valence-electron chi connectivity index (χ0n) is 15.7. The van der Waals surface area contributed by atoms with Crippen LogP contribution in [-0.4, -0.2) is 58.0 Å². The van der Waals surface area contributed by atoms with E-state index in [2.05, 4.69) is 20.5 Å². The summed E-state index contributed by atoms with van der Waals surface area (Å²) in [6.07, 6.45) is 9.26. The Morgan fingerprint density at radius 1 is 1.32 bits per heavy atom. The van der Waals surface area contributed by atoms with Crippen LogP contribution in [0.3, 0.4) is 0 Å². The summed E-state index contributed by atoms with van der Waals surface area (Å²) in [5, 5.41) is 11.2. The molecule has 1 N–H and O–H groups in total. The Labute approximate surface area is 166 Å². The lowest BCUT2D eigenvalue weighted by molar-refractivity contribution is -0.00408. The van der Waals surface area contributed by atoms with E-state index in [0.717, 1.165) is 36.1 Å². The van der Waals surface area contributed by atoms with E-state index in [1.165, 1.54) is 11.3 Å². The molecule has 0 bridgehead atoms. The van der Waals surface area contributed by atoms with Crippen molar-refractivity contribution in [1.29, 1.82) is 0 Å². The lowest BCUT2D eigenvalue weighted by atomic mass is 9.92. The number of carbonyl (C=O) groups excluding carboxylic acids is 1. The molecular weight excluding hydrogens is 378 g/mol. The van der Waals surface area contributed by atoms with Crippen LogP contribution in [0.15, 0.2) is 30.3 Å². The average Bonchev–Trinajstić information content (AvgIpc) is 3.40. The molecular formula is C19H23N5O3S. The third-order valence-corrected chi connectivity index (χ3v) is 5.83. The van der Waals surface area contributed by atoms with E-state index in [-0.39, 0.29) is 18.1 Å². The van der Waals surface area contributed by atoms with Crippen LogP contribution in [-0.2, 0) is 9.47 Å². The van der Waals surface area contributed by atoms with Crippen LogP contribution in [0.1, 0.15) is 36.0 Å². The minimum Gasteiger partial charge on any atom is -0.382 e. The molecule has 28 heavy (non-hydrogen) atoms. The summed E-state index contributed by atoms with van der Waals surface area (Å²) in [4.78, 5) is 18.1. The molecule has 1 aliphatic carbocycles. The first-order chi connectivity index (χ1) is 13.7. The van der Waals surface area contributed by atoms with Crippen LogP contribution in [0.5, 0.6) is 0 Å². The molecule has 3 aromatic heterocycles. The van der Waals surface area contributed by atoms with Crippen molar-refractivity contribution in [2.24, 2.45) is 0 Å². The summed E-state index contributed by atoms with van der Waals surface area (Å²) in [6.45, 7) is 1.23. The zero-order valence-corrected chi connectivity index (χ0v) is 16.5. The number of hydrogen-bond donors (Lipinski definition) is 1. The third kappa shape index (κ3) is 4.21. The second-order valence-electron chi connectivity index (χ2n) is 6.88. The lowest BCUT2D eigenvalue weighted by Crippen LogP contribution is -2.39. The molecule has 1 saturated carbocycles. The number of carbonyl (C=O) groups is 1. The maximum Gasteiger partial charge on any atom is 0.255 e. The monoisotopic (exact) mass is 401 g/mol. The summed E-state index contributed by atoms with van der Waals surface area (Å²) < 4.78 is 12.6. The number of rotatable bonds is 7. The molecule has 1 aliphatic rings. The molecule has 0 unspecified atom stereocenters. The van der Waals surface area contributed by atoms with Crippen LogP contribution in [0, 0.1) is 0 Å². The van der Waals surface area contributed by atoms with Gasteiger partial charge in [0.2, 0.25) is 0 Å². The number of ether oxygens (including phenoxy) is 2. The molecule has 0 atom stereocenters. The number of hydrogen-bond acceptors (Lipinski definition) is 7. The van der Waals surface area contributed by atoms with Crippen LogP contribution < -0.4 is 5.32 Å². The molecule has 148 valence electrons. The van der Waals surface area contributed by atoms with E-state index >= 15 is 0 Å². The Morgan fingerprint density at radius 2 is 2.18 bits per heavy atom. The standard InChI is InChI=1S/C19H23N5O3S/c1-26-6-7-27-15-4-2-14(3-5-15)22-19(25)16-8-13(17-9-20-12-28-17)10-24-11-21-23-18(16)24/h8-12,14-15H,2-7H2,1H3,(H,22,25). The molecule has 8 nitrogen and oxygen atoms in total. The average molecular weight is 401 g/mol. The van der Waals surface area contributed by atoms with Crippen molar-refractivity contribution in [3.8, 4) is 10.4 Å². The van der Waals surface area contributed by atoms with Crippen molar-refractivity contribution >= 4 is 22.9 Å². The largest absolute Gasteiger partial charge is 0.382 e. The third-order valence-electron chi connectivity index (χ3n) is 5.00. The summed E-state index contributed by atoms with van der Waals surface area (Å²) in [7, 11) is 1.67. The first-order valence-electron chi connectivity index (χ1n) is 9.38. The number of aromatic nitrogens is 4. The highest BCUT2D eigenvalue weighted by Gasteiger charge is 2.24. The van der Waals surface area contributed by atoms with Gasteiger partial charge < -0.3 is 14.8 Å². The van der Waals surface area contributed by atoms with Crippen LogP contribution in [0.25, 0.3) is 16.1 Å². The van der Waals surface area contributed by atoms with Gasteiger partial charge in [-0.1, -0.05) is 0 Å². The van der Waals surface area contributed by atoms with Crippen molar-refractivity contribution in [2.45, 2.75) is 37.8 Å². The van der Waals surface area contributed by atoms with Gasteiger partial charge in [0.05, 0.1) is 35.3 Å². The summed E-state index contributed by atoms with van der Waals surface area (Å²) in [5.41, 5.74) is 3.79. The highest BCUT2D eigenvalue weighted by atomic mass is 32.1. The van der Waals surface area contributed by atoms with Crippen LogP contribution in [0.2, 0.25) is 0 Å². The predicted molar refractivity (Wildman–Crippen MR) is 105 cm³/mol. The normalized spacial score (nSPS) is 19.8. The topological polar surface area (TPSA) is 90.6 Å². The molecule has 0 spiro atoms. The van der Waals surface area contributed by atoms with Crippen LogP contribution >= 0.6 is 11.3 Å². The molecule has 3 heterocycles. The van der Waals surface area contributed by atoms with Gasteiger partial charge in [-0.3, -0.25) is 14.2 Å². The number of methoxy groups -OCH3 is 1. The van der Waals surface area contributed by atoms with Crippen molar-refractivity contribution in [3.05, 3.63) is 35.9 Å². The number of fused-ring (bicyclic) bond motifs is 1. The molecule has 0 saturated heterocycles. The van der Waals surface area contributed by atoms with Crippen molar-refractivity contribution in [1.82, 2.24) is 24.9 Å². The Kier molecular flexibility index (Phi) is 5.94. The van der Waals surface area contributed by atoms with Gasteiger partial charge in [0.15, 0.2) is 5.65 Å². The van der Waals surface area contributed by atoms with Crippen molar-refractivity contribution < 1.29 is 14.3 Å². The first-order valence-corrected chi connectivity index (χ1v) is 10.3. The fourth-order valence-electron chi connectivity index (χ4n) is 3.53. The van der Waals surface area contributed by atoms with E-state index in [4.69, 9.17) is 9.47 Å². The molecule has 9 heteroatoms. The van der Waals surface area contributed by atoms with Gasteiger partial charge in [-0.15, -0.1) is 21.5 Å². The maximum atomic E-state index is 13.0. The fourth-order valence-corrected chi connectivity index (χ4v) is 4.14. The van der Waals surface area contributed by atoms with Gasteiger partial charge in [0.1, 0.15) is 6.33 Å². The van der Waals surface area contributed by atoms with E-state index < -0.39 is 0 Å². The van der Waals surface area contributed by atoms with E-state index in [1.807, 2.05) is 12.3 Å². The highest BCUT2D eigenvalue weighted by molar-refractivity contribution is 7.13. The molecule has 4 rings (SSSR count). The Balaban J connectivity index is 1.44. The lowest BCUT2D eigenvalue weighted by Gasteiger charge is -2.29. The van der Waals surface area contributed by atoms with Gasteiger partial charge >= 0.3 is 0 Å². The number of amides is 1. The van der Waals surface area contributed by atoms with Gasteiger partial charge in [0, 0.05) is 31.1 Å². The van der Waals surface area contributed by atoms with E-state index in [0.29, 0.717) is 24.4 Å². The molecule has 0 aromatic carbocycles. The summed E-state index contributed by atoms with van der Waals surface area (Å²) >= 11 is 1.53. The number of nitrogens with zero attached hydrogens (tertiary/aromatic N) is 4. The van der Waals surface area contributed by atoms with Gasteiger partial charge in [-0.25, -0.2) is 0 Å². The zero-order chi connectivity index (χ0) is 19.3. The minimum atomic E-state index is -0.117. The van der Waals surface area contributed by atoms with E-state index in [1.54, 1.807) is 29.5 Å². The molecule has 0 aliphatic heterocycles. The first kappa shape index (κ1) is 19.0. The highest BCUT2D eigenvalue weighted by Crippen LogP contribution is 2.26. The second-order valence-corrected chi connectivity index (χ2v) is 7.77. The quantitative estimate of drug-likeness (QED) is 0.612. The Hall–Kier alpha value is -2.36. The smallest absolute Gasteiger partial charge is 0.255 e. The van der Waals surface area contributed by atoms with Gasteiger partial charge in [-0.2, -0.15) is 0 Å². The Morgan fingerprint density at radius 3 is 2.93 bits per heavy atom. The number of pyridine rings is 1. The molecule has 1 amide bonds. The summed E-state index contributed by atoms with van der Waals surface area (Å²) in [6, 6.07) is 2.01. The molecule has 0 radical (unpaired) electrons. The second kappa shape index (κ2) is 8.76. The van der Waals surface area contributed by atoms with Gasteiger partial charge in [0.25, 0.3) is 5.91 Å². The molecule has 1 fully saturated rings. The number of nitrogens with one attached hydrogen (secondary N) is 1. The van der Waals surface area contributed by atoms with Crippen molar-refractivity contribution in [3.63, 3.8) is 0 Å². The van der Waals surface area contributed by atoms with E-state index in [9.17, 15) is 4.79 Å². The number of thiazole rings is 1.